The molecule has 2 atom stereocenters. The van der Waals surface area contributed by atoms with Gasteiger partial charge in [0.2, 0.25) is 5.91 Å². The van der Waals surface area contributed by atoms with E-state index in [0.29, 0.717) is 18.7 Å². The molecular weight excluding hydrogens is 339 g/mol. The van der Waals surface area contributed by atoms with E-state index in [1.807, 2.05) is 35.2 Å². The predicted octanol–water partition coefficient (Wildman–Crippen LogP) is 3.93. The Hall–Kier alpha value is -2.07. The van der Waals surface area contributed by atoms with Crippen molar-refractivity contribution < 1.29 is 9.18 Å². The van der Waals surface area contributed by atoms with Gasteiger partial charge >= 0.3 is 0 Å². The Bertz CT molecular complexity index is 789. The smallest absolute Gasteiger partial charge is 0.226 e. The second kappa shape index (κ2) is 6.68. The largest absolute Gasteiger partial charge is 0.368 e. The van der Waals surface area contributed by atoms with Gasteiger partial charge in [-0.05, 0) is 42.2 Å². The van der Waals surface area contributed by atoms with Crippen LogP contribution in [0.1, 0.15) is 17.9 Å². The summed E-state index contributed by atoms with van der Waals surface area (Å²) in [5, 5.41) is 0.724. The highest BCUT2D eigenvalue weighted by molar-refractivity contribution is 6.30. The first-order valence-corrected chi connectivity index (χ1v) is 9.05. The number of piperazine rings is 1. The van der Waals surface area contributed by atoms with Crippen LogP contribution in [0.15, 0.2) is 48.5 Å². The molecule has 0 N–H and O–H groups in total. The average molecular weight is 359 g/mol. The first-order valence-electron chi connectivity index (χ1n) is 8.67. The van der Waals surface area contributed by atoms with Crippen molar-refractivity contribution in [3.63, 3.8) is 0 Å². The van der Waals surface area contributed by atoms with Crippen molar-refractivity contribution in [3.8, 4) is 0 Å². The monoisotopic (exact) mass is 358 g/mol. The Morgan fingerprint density at radius 3 is 2.52 bits per heavy atom. The van der Waals surface area contributed by atoms with Crippen LogP contribution in [-0.4, -0.2) is 37.0 Å². The van der Waals surface area contributed by atoms with E-state index in [1.54, 1.807) is 12.1 Å². The van der Waals surface area contributed by atoms with Crippen LogP contribution < -0.4 is 4.90 Å². The van der Waals surface area contributed by atoms with Gasteiger partial charge in [-0.1, -0.05) is 35.9 Å². The molecule has 0 spiro atoms. The average Bonchev–Trinajstić information content (AvgIpc) is 3.42. The van der Waals surface area contributed by atoms with Crippen LogP contribution >= 0.6 is 11.6 Å². The van der Waals surface area contributed by atoms with Gasteiger partial charge in [0.1, 0.15) is 5.82 Å². The molecule has 0 aromatic heterocycles. The molecule has 2 aromatic rings. The maximum Gasteiger partial charge on any atom is 0.226 e. The van der Waals surface area contributed by atoms with Gasteiger partial charge in [-0.3, -0.25) is 4.79 Å². The molecule has 25 heavy (non-hydrogen) atoms. The van der Waals surface area contributed by atoms with E-state index in [4.69, 9.17) is 11.6 Å². The fraction of sp³-hybridized carbons (Fsp3) is 0.350. The van der Waals surface area contributed by atoms with Gasteiger partial charge < -0.3 is 9.80 Å². The lowest BCUT2D eigenvalue weighted by Gasteiger charge is -2.36. The molecular formula is C20H20ClFN2O. The summed E-state index contributed by atoms with van der Waals surface area (Å²) in [4.78, 5) is 16.9. The van der Waals surface area contributed by atoms with Crippen molar-refractivity contribution in [3.05, 3.63) is 64.9 Å². The lowest BCUT2D eigenvalue weighted by Crippen LogP contribution is -2.49. The van der Waals surface area contributed by atoms with Gasteiger partial charge in [0.05, 0.1) is 0 Å². The number of hydrogen-bond donors (Lipinski definition) is 0. The van der Waals surface area contributed by atoms with Crippen LogP contribution in [0.3, 0.4) is 0 Å². The molecule has 2 fully saturated rings. The molecule has 130 valence electrons. The summed E-state index contributed by atoms with van der Waals surface area (Å²) in [6.07, 6.45) is 0.758. The van der Waals surface area contributed by atoms with Crippen molar-refractivity contribution in [2.75, 3.05) is 31.1 Å². The minimum Gasteiger partial charge on any atom is -0.368 e. The van der Waals surface area contributed by atoms with Crippen molar-refractivity contribution in [1.82, 2.24) is 4.90 Å². The summed E-state index contributed by atoms with van der Waals surface area (Å²) >= 11 is 6.06. The molecule has 2 aromatic carbocycles. The molecule has 0 radical (unpaired) electrons. The van der Waals surface area contributed by atoms with Crippen LogP contribution in [0, 0.1) is 11.7 Å². The SMILES string of the molecule is O=C(C1CC1c1ccccc1F)N1CCN(c2cccc(Cl)c2)CC1. The number of anilines is 1. The zero-order chi connectivity index (χ0) is 17.4. The molecule has 4 rings (SSSR count). The van der Waals surface area contributed by atoms with Crippen LogP contribution in [0.25, 0.3) is 0 Å². The predicted molar refractivity (Wildman–Crippen MR) is 97.5 cm³/mol. The Morgan fingerprint density at radius 1 is 1.04 bits per heavy atom. The van der Waals surface area contributed by atoms with Gasteiger partial charge in [0.25, 0.3) is 0 Å². The Labute approximate surface area is 152 Å². The molecule has 1 saturated carbocycles. The lowest BCUT2D eigenvalue weighted by atomic mass is 10.1. The van der Waals surface area contributed by atoms with Gasteiger partial charge in [-0.25, -0.2) is 4.39 Å². The van der Waals surface area contributed by atoms with Crippen LogP contribution in [-0.2, 0) is 4.79 Å². The minimum absolute atomic E-state index is 0.0414. The first kappa shape index (κ1) is 16.4. The molecule has 3 nitrogen and oxygen atoms in total. The van der Waals surface area contributed by atoms with Gasteiger partial charge in [-0.15, -0.1) is 0 Å². The highest BCUT2D eigenvalue weighted by Crippen LogP contribution is 2.49. The second-order valence-corrected chi connectivity index (χ2v) is 7.20. The topological polar surface area (TPSA) is 23.6 Å². The van der Waals surface area contributed by atoms with E-state index in [1.165, 1.54) is 6.07 Å². The fourth-order valence-corrected chi connectivity index (χ4v) is 3.86. The number of hydrogen-bond acceptors (Lipinski definition) is 2. The highest BCUT2D eigenvalue weighted by atomic mass is 35.5. The van der Waals surface area contributed by atoms with Crippen LogP contribution in [0.4, 0.5) is 10.1 Å². The number of carbonyl (C=O) groups excluding carboxylic acids is 1. The van der Waals surface area contributed by atoms with Crippen LogP contribution in [0.5, 0.6) is 0 Å². The molecule has 2 unspecified atom stereocenters. The molecule has 2 aliphatic rings. The maximum atomic E-state index is 13.9. The number of amides is 1. The summed E-state index contributed by atoms with van der Waals surface area (Å²) in [6.45, 7) is 2.99. The third-order valence-corrected chi connectivity index (χ3v) is 5.41. The molecule has 0 bridgehead atoms. The summed E-state index contributed by atoms with van der Waals surface area (Å²) in [7, 11) is 0. The van der Waals surface area contributed by atoms with Gasteiger partial charge in [-0.2, -0.15) is 0 Å². The first-order chi connectivity index (χ1) is 12.1. The second-order valence-electron chi connectivity index (χ2n) is 6.76. The van der Waals surface area contributed by atoms with Crippen molar-refractivity contribution in [2.45, 2.75) is 12.3 Å². The molecule has 1 heterocycles. The highest BCUT2D eigenvalue weighted by Gasteiger charge is 2.47. The Balaban J connectivity index is 1.36. The van der Waals surface area contributed by atoms with Gasteiger partial charge in [0, 0.05) is 42.8 Å². The standard InChI is InChI=1S/C20H20ClFN2O/c21-14-4-3-5-15(12-14)23-8-10-24(11-9-23)20(25)18-13-17(18)16-6-1-2-7-19(16)22/h1-7,12,17-18H,8-11,13H2. The number of rotatable bonds is 3. The minimum atomic E-state index is -0.200. The van der Waals surface area contributed by atoms with E-state index in [0.717, 1.165) is 30.2 Å². The van der Waals surface area contributed by atoms with E-state index >= 15 is 0 Å². The summed E-state index contributed by atoms with van der Waals surface area (Å²) in [5.41, 5.74) is 1.77. The molecule has 5 heteroatoms. The number of halogens is 2. The van der Waals surface area contributed by atoms with Gasteiger partial charge in [0.15, 0.2) is 0 Å². The number of benzene rings is 2. The number of nitrogens with zero attached hydrogens (tertiary/aromatic N) is 2. The molecule has 1 aliphatic heterocycles. The zero-order valence-electron chi connectivity index (χ0n) is 13.9. The third-order valence-electron chi connectivity index (χ3n) is 5.18. The summed E-state index contributed by atoms with van der Waals surface area (Å²) in [5.74, 6) is -0.0538. The zero-order valence-corrected chi connectivity index (χ0v) is 14.6. The molecule has 1 amide bonds. The van der Waals surface area contributed by atoms with E-state index in [2.05, 4.69) is 4.90 Å². The summed E-state index contributed by atoms with van der Waals surface area (Å²) < 4.78 is 13.9. The van der Waals surface area contributed by atoms with Crippen molar-refractivity contribution in [2.24, 2.45) is 5.92 Å². The van der Waals surface area contributed by atoms with E-state index in [-0.39, 0.29) is 23.6 Å². The normalized spacial score (nSPS) is 22.8. The molecule has 1 aliphatic carbocycles. The van der Waals surface area contributed by atoms with Crippen molar-refractivity contribution >= 4 is 23.2 Å². The quantitative estimate of drug-likeness (QED) is 0.830. The lowest BCUT2D eigenvalue weighted by molar-refractivity contribution is -0.132. The number of carbonyl (C=O) groups is 1. The fourth-order valence-electron chi connectivity index (χ4n) is 3.68. The van der Waals surface area contributed by atoms with Crippen LogP contribution in [0.2, 0.25) is 5.02 Å². The summed E-state index contributed by atoms with van der Waals surface area (Å²) in [6, 6.07) is 14.6. The van der Waals surface area contributed by atoms with E-state index < -0.39 is 0 Å². The maximum absolute atomic E-state index is 13.9. The third kappa shape index (κ3) is 3.36. The van der Waals surface area contributed by atoms with E-state index in [9.17, 15) is 9.18 Å². The molecule has 1 saturated heterocycles. The Kier molecular flexibility index (Phi) is 4.38. The van der Waals surface area contributed by atoms with Crippen molar-refractivity contribution in [1.29, 1.82) is 0 Å². The Morgan fingerprint density at radius 2 is 1.80 bits per heavy atom.